The summed E-state index contributed by atoms with van der Waals surface area (Å²) in [5, 5.41) is 3.43. The van der Waals surface area contributed by atoms with E-state index in [2.05, 4.69) is 36.9 Å². The van der Waals surface area contributed by atoms with E-state index >= 15 is 0 Å². The van der Waals surface area contributed by atoms with Gasteiger partial charge < -0.3 is 5.32 Å². The van der Waals surface area contributed by atoms with Crippen molar-refractivity contribution in [3.8, 4) is 0 Å². The van der Waals surface area contributed by atoms with E-state index in [0.717, 1.165) is 28.7 Å². The Bertz CT molecular complexity index is 498. The topological polar surface area (TPSA) is 37.8 Å². The van der Waals surface area contributed by atoms with E-state index in [1.54, 1.807) is 12.3 Å². The summed E-state index contributed by atoms with van der Waals surface area (Å²) < 4.78 is 22.5. The van der Waals surface area contributed by atoms with Gasteiger partial charge in [0.15, 0.2) is 0 Å². The second kappa shape index (κ2) is 7.07. The van der Waals surface area contributed by atoms with Gasteiger partial charge in [0.05, 0.1) is 29.7 Å². The largest absolute Gasteiger partial charge is 0.308 e. The normalized spacial score (nSPS) is 12.6. The Balaban J connectivity index is 2.15. The van der Waals surface area contributed by atoms with Gasteiger partial charge in [-0.25, -0.2) is 4.39 Å². The maximum Gasteiger partial charge on any atom is 0.124 e. The molecule has 1 heterocycles. The molecule has 0 aliphatic heterocycles. The SMILES string of the molecule is CCCNC(Cc1cc(F)cc(Br)c1)c1cnsn1. The first-order valence-electron chi connectivity index (χ1n) is 6.15. The Morgan fingerprint density at radius 3 is 2.89 bits per heavy atom. The van der Waals surface area contributed by atoms with Gasteiger partial charge in [0.1, 0.15) is 5.82 Å². The van der Waals surface area contributed by atoms with Gasteiger partial charge in [0, 0.05) is 4.47 Å². The Morgan fingerprint density at radius 2 is 2.26 bits per heavy atom. The quantitative estimate of drug-likeness (QED) is 0.868. The second-order valence-electron chi connectivity index (χ2n) is 4.32. The summed E-state index contributed by atoms with van der Waals surface area (Å²) in [5.74, 6) is -0.227. The molecule has 6 heteroatoms. The molecule has 102 valence electrons. The lowest BCUT2D eigenvalue weighted by Gasteiger charge is -2.16. The van der Waals surface area contributed by atoms with Crippen molar-refractivity contribution in [1.29, 1.82) is 0 Å². The second-order valence-corrected chi connectivity index (χ2v) is 5.79. The molecule has 0 aliphatic carbocycles. The molecule has 1 unspecified atom stereocenters. The third-order valence-corrected chi connectivity index (χ3v) is 3.69. The number of rotatable bonds is 6. The number of halogens is 2. The lowest BCUT2D eigenvalue weighted by Crippen LogP contribution is -2.24. The maximum atomic E-state index is 13.4. The zero-order chi connectivity index (χ0) is 13.7. The molecule has 0 saturated carbocycles. The molecule has 2 aromatic rings. The molecule has 0 radical (unpaired) electrons. The highest BCUT2D eigenvalue weighted by molar-refractivity contribution is 9.10. The molecular weight excluding hydrogens is 329 g/mol. The Labute approximate surface area is 124 Å². The van der Waals surface area contributed by atoms with Gasteiger partial charge in [-0.1, -0.05) is 22.9 Å². The van der Waals surface area contributed by atoms with E-state index in [9.17, 15) is 4.39 Å². The molecule has 2 rings (SSSR count). The molecule has 1 atom stereocenters. The summed E-state index contributed by atoms with van der Waals surface area (Å²) in [4.78, 5) is 0. The highest BCUT2D eigenvalue weighted by atomic mass is 79.9. The predicted octanol–water partition coefficient (Wildman–Crippen LogP) is 3.72. The first-order valence-corrected chi connectivity index (χ1v) is 7.67. The van der Waals surface area contributed by atoms with Crippen LogP contribution in [0.25, 0.3) is 0 Å². The van der Waals surface area contributed by atoms with Crippen molar-refractivity contribution in [1.82, 2.24) is 14.1 Å². The van der Waals surface area contributed by atoms with E-state index in [-0.39, 0.29) is 11.9 Å². The van der Waals surface area contributed by atoms with Gasteiger partial charge in [0.2, 0.25) is 0 Å². The van der Waals surface area contributed by atoms with E-state index in [4.69, 9.17) is 0 Å². The molecule has 0 fully saturated rings. The van der Waals surface area contributed by atoms with Crippen LogP contribution >= 0.6 is 27.7 Å². The molecular formula is C13H15BrFN3S. The molecule has 19 heavy (non-hydrogen) atoms. The fraction of sp³-hybridized carbons (Fsp3) is 0.385. The van der Waals surface area contributed by atoms with Crippen LogP contribution in [0.3, 0.4) is 0 Å². The number of nitrogens with zero attached hydrogens (tertiary/aromatic N) is 2. The smallest absolute Gasteiger partial charge is 0.124 e. The highest BCUT2D eigenvalue weighted by Gasteiger charge is 2.15. The predicted molar refractivity (Wildman–Crippen MR) is 78.7 cm³/mol. The van der Waals surface area contributed by atoms with Crippen LogP contribution in [0.4, 0.5) is 4.39 Å². The molecule has 3 nitrogen and oxygen atoms in total. The van der Waals surface area contributed by atoms with Crippen LogP contribution < -0.4 is 5.32 Å². The number of hydrogen-bond acceptors (Lipinski definition) is 4. The number of nitrogens with one attached hydrogen (secondary N) is 1. The molecule has 0 amide bonds. The third kappa shape index (κ3) is 4.33. The summed E-state index contributed by atoms with van der Waals surface area (Å²) in [6.45, 7) is 3.01. The van der Waals surface area contributed by atoms with Crippen molar-refractivity contribution in [2.24, 2.45) is 0 Å². The van der Waals surface area contributed by atoms with Crippen molar-refractivity contribution in [3.05, 3.63) is 45.9 Å². The Morgan fingerprint density at radius 1 is 1.42 bits per heavy atom. The highest BCUT2D eigenvalue weighted by Crippen LogP contribution is 2.21. The lowest BCUT2D eigenvalue weighted by molar-refractivity contribution is 0.519. The lowest BCUT2D eigenvalue weighted by atomic mass is 10.0. The fourth-order valence-electron chi connectivity index (χ4n) is 1.89. The van der Waals surface area contributed by atoms with Gasteiger partial charge >= 0.3 is 0 Å². The molecule has 1 aromatic carbocycles. The summed E-state index contributed by atoms with van der Waals surface area (Å²) in [7, 11) is 0. The fourth-order valence-corrected chi connectivity index (χ4v) is 2.87. The summed E-state index contributed by atoms with van der Waals surface area (Å²) in [5.41, 5.74) is 1.85. The van der Waals surface area contributed by atoms with Crippen LogP contribution in [0.5, 0.6) is 0 Å². The van der Waals surface area contributed by atoms with Crippen LogP contribution in [0.1, 0.15) is 30.6 Å². The monoisotopic (exact) mass is 343 g/mol. The van der Waals surface area contributed by atoms with E-state index in [0.29, 0.717) is 6.42 Å². The third-order valence-electron chi connectivity index (χ3n) is 2.74. The van der Waals surface area contributed by atoms with Crippen LogP contribution in [-0.4, -0.2) is 15.3 Å². The molecule has 0 spiro atoms. The molecule has 0 saturated heterocycles. The van der Waals surface area contributed by atoms with Gasteiger partial charge in [-0.3, -0.25) is 0 Å². The number of benzene rings is 1. The summed E-state index contributed by atoms with van der Waals surface area (Å²) >= 11 is 4.51. The summed E-state index contributed by atoms with van der Waals surface area (Å²) in [6.07, 6.45) is 3.51. The standard InChI is InChI=1S/C13H15BrFN3S/c1-2-3-16-12(13-8-17-19-18-13)6-9-4-10(14)7-11(15)5-9/h4-5,7-8,12,16H,2-3,6H2,1H3. The van der Waals surface area contributed by atoms with Crippen molar-refractivity contribution in [3.63, 3.8) is 0 Å². The zero-order valence-electron chi connectivity index (χ0n) is 10.6. The first kappa shape index (κ1) is 14.6. The van der Waals surface area contributed by atoms with Gasteiger partial charge in [-0.15, -0.1) is 0 Å². The first-order chi connectivity index (χ1) is 9.19. The average Bonchev–Trinajstić information content (AvgIpc) is 2.87. The van der Waals surface area contributed by atoms with Crippen LogP contribution in [-0.2, 0) is 6.42 Å². The van der Waals surface area contributed by atoms with Gasteiger partial charge in [-0.2, -0.15) is 8.75 Å². The molecule has 1 N–H and O–H groups in total. The molecule has 1 aromatic heterocycles. The van der Waals surface area contributed by atoms with Crippen molar-refractivity contribution >= 4 is 27.7 Å². The van der Waals surface area contributed by atoms with Crippen molar-refractivity contribution < 1.29 is 4.39 Å². The molecule has 0 bridgehead atoms. The van der Waals surface area contributed by atoms with Crippen LogP contribution in [0, 0.1) is 5.82 Å². The van der Waals surface area contributed by atoms with Crippen molar-refractivity contribution in [2.75, 3.05) is 6.54 Å². The van der Waals surface area contributed by atoms with Gasteiger partial charge in [-0.05, 0) is 43.1 Å². The number of hydrogen-bond donors (Lipinski definition) is 1. The van der Waals surface area contributed by atoms with Crippen molar-refractivity contribution in [2.45, 2.75) is 25.8 Å². The Hall–Kier alpha value is -0.850. The van der Waals surface area contributed by atoms with E-state index in [1.165, 1.54) is 17.8 Å². The van der Waals surface area contributed by atoms with Crippen LogP contribution in [0.15, 0.2) is 28.9 Å². The molecule has 0 aliphatic rings. The van der Waals surface area contributed by atoms with E-state index in [1.807, 2.05) is 6.07 Å². The Kier molecular flexibility index (Phi) is 5.42. The minimum Gasteiger partial charge on any atom is -0.308 e. The number of aromatic nitrogens is 2. The summed E-state index contributed by atoms with van der Waals surface area (Å²) in [6, 6.07) is 5.03. The van der Waals surface area contributed by atoms with E-state index < -0.39 is 0 Å². The maximum absolute atomic E-state index is 13.4. The van der Waals surface area contributed by atoms with Crippen LogP contribution in [0.2, 0.25) is 0 Å². The zero-order valence-corrected chi connectivity index (χ0v) is 13.0. The van der Waals surface area contributed by atoms with Gasteiger partial charge in [0.25, 0.3) is 0 Å². The average molecular weight is 344 g/mol. The minimum atomic E-state index is -0.227. The minimum absolute atomic E-state index is 0.0763.